The predicted molar refractivity (Wildman–Crippen MR) is 137 cm³/mol. The van der Waals surface area contributed by atoms with Crippen molar-refractivity contribution < 1.29 is 28.1 Å². The third-order valence-corrected chi connectivity index (χ3v) is 5.10. The van der Waals surface area contributed by atoms with E-state index in [-0.39, 0.29) is 23.2 Å². The van der Waals surface area contributed by atoms with Crippen LogP contribution in [0, 0.1) is 5.82 Å². The Morgan fingerprint density at radius 3 is 2.61 bits per heavy atom. The number of hydrogen-bond donors (Lipinski definition) is 1. The summed E-state index contributed by atoms with van der Waals surface area (Å²) in [5.41, 5.74) is 3.75. The molecule has 1 N–H and O–H groups in total. The summed E-state index contributed by atoms with van der Waals surface area (Å²) >= 11 is 6.42. The van der Waals surface area contributed by atoms with Gasteiger partial charge in [0.05, 0.1) is 25.0 Å². The summed E-state index contributed by atoms with van der Waals surface area (Å²) in [5.74, 6) is 0.742. The molecule has 0 aliphatic carbocycles. The standard InChI is InChI=1S/C27H26ClFN2O5/c1-4-12-35-23-11-10-19(15-24(23)33-3)27(32)31-30-16-18-13-21(28)26(25(14-18)34-5-2)36-17-20-8-6-7-9-22(20)29/h4,6-11,13-16H,1,5,12,17H2,2-3H3,(H,31,32)/b30-16+. The zero-order valence-electron chi connectivity index (χ0n) is 19.9. The molecule has 0 saturated heterocycles. The SMILES string of the molecule is C=CCOc1ccc(C(=O)N/N=C/c2cc(Cl)c(OCc3ccccc3F)c(OCC)c2)cc1OC. The summed E-state index contributed by atoms with van der Waals surface area (Å²) in [6.07, 6.45) is 3.03. The maximum atomic E-state index is 13.9. The highest BCUT2D eigenvalue weighted by molar-refractivity contribution is 6.32. The van der Waals surface area contributed by atoms with Gasteiger partial charge in [0.1, 0.15) is 19.0 Å². The van der Waals surface area contributed by atoms with Gasteiger partial charge in [-0.15, -0.1) is 0 Å². The number of halogens is 2. The molecule has 0 bridgehead atoms. The second kappa shape index (κ2) is 13.2. The highest BCUT2D eigenvalue weighted by atomic mass is 35.5. The van der Waals surface area contributed by atoms with Crippen molar-refractivity contribution in [2.24, 2.45) is 5.10 Å². The molecule has 0 spiro atoms. The van der Waals surface area contributed by atoms with Gasteiger partial charge >= 0.3 is 0 Å². The van der Waals surface area contributed by atoms with Crippen molar-refractivity contribution in [3.8, 4) is 23.0 Å². The van der Waals surface area contributed by atoms with Crippen LogP contribution in [0.2, 0.25) is 5.02 Å². The molecule has 0 aromatic heterocycles. The summed E-state index contributed by atoms with van der Waals surface area (Å²) in [4.78, 5) is 12.5. The van der Waals surface area contributed by atoms with Crippen LogP contribution in [0.15, 0.2) is 72.4 Å². The normalized spacial score (nSPS) is 10.7. The highest BCUT2D eigenvalue weighted by Crippen LogP contribution is 2.37. The lowest BCUT2D eigenvalue weighted by Crippen LogP contribution is -2.17. The Labute approximate surface area is 214 Å². The molecule has 188 valence electrons. The van der Waals surface area contributed by atoms with Crippen molar-refractivity contribution in [2.75, 3.05) is 20.3 Å². The van der Waals surface area contributed by atoms with E-state index in [4.69, 9.17) is 30.5 Å². The maximum absolute atomic E-state index is 13.9. The first-order chi connectivity index (χ1) is 17.5. The van der Waals surface area contributed by atoms with Crippen LogP contribution in [0.1, 0.15) is 28.4 Å². The van der Waals surface area contributed by atoms with Crippen molar-refractivity contribution >= 4 is 23.7 Å². The summed E-state index contributed by atoms with van der Waals surface area (Å²) in [5, 5.41) is 4.26. The Morgan fingerprint density at radius 2 is 1.89 bits per heavy atom. The van der Waals surface area contributed by atoms with Crippen LogP contribution in [0.4, 0.5) is 4.39 Å². The number of amides is 1. The molecule has 0 heterocycles. The van der Waals surface area contributed by atoms with Crippen LogP contribution in [0.25, 0.3) is 0 Å². The van der Waals surface area contributed by atoms with E-state index in [0.717, 1.165) is 0 Å². The average molecular weight is 513 g/mol. The van der Waals surface area contributed by atoms with Crippen LogP contribution in [-0.2, 0) is 6.61 Å². The van der Waals surface area contributed by atoms with Gasteiger partial charge in [-0.1, -0.05) is 42.5 Å². The first-order valence-corrected chi connectivity index (χ1v) is 11.4. The molecule has 0 saturated carbocycles. The summed E-state index contributed by atoms with van der Waals surface area (Å²) < 4.78 is 36.1. The van der Waals surface area contributed by atoms with Crippen LogP contribution in [0.5, 0.6) is 23.0 Å². The molecule has 3 rings (SSSR count). The number of methoxy groups -OCH3 is 1. The first-order valence-electron chi connectivity index (χ1n) is 11.0. The van der Waals surface area contributed by atoms with Crippen LogP contribution < -0.4 is 24.4 Å². The minimum Gasteiger partial charge on any atom is -0.493 e. The molecular weight excluding hydrogens is 487 g/mol. The number of nitrogens with one attached hydrogen (secondary N) is 1. The number of benzene rings is 3. The Balaban J connectivity index is 1.71. The molecule has 0 fully saturated rings. The Morgan fingerprint density at radius 1 is 1.08 bits per heavy atom. The van der Waals surface area contributed by atoms with Gasteiger partial charge in [0.2, 0.25) is 0 Å². The van der Waals surface area contributed by atoms with Crippen LogP contribution in [-0.4, -0.2) is 32.4 Å². The minimum atomic E-state index is -0.444. The summed E-state index contributed by atoms with van der Waals surface area (Å²) in [7, 11) is 1.49. The topological polar surface area (TPSA) is 78.4 Å². The fraction of sp³-hybridized carbons (Fsp3) is 0.185. The minimum absolute atomic E-state index is 0.0170. The van der Waals surface area contributed by atoms with Gasteiger partial charge in [0.15, 0.2) is 23.0 Å². The zero-order valence-corrected chi connectivity index (χ0v) is 20.7. The van der Waals surface area contributed by atoms with Gasteiger partial charge < -0.3 is 18.9 Å². The number of carbonyl (C=O) groups is 1. The third-order valence-electron chi connectivity index (χ3n) is 4.82. The van der Waals surface area contributed by atoms with E-state index in [2.05, 4.69) is 17.1 Å². The van der Waals surface area contributed by atoms with Crippen molar-refractivity contribution in [3.05, 3.63) is 94.8 Å². The van der Waals surface area contributed by atoms with Crippen molar-refractivity contribution in [2.45, 2.75) is 13.5 Å². The van der Waals surface area contributed by atoms with E-state index < -0.39 is 5.91 Å². The van der Waals surface area contributed by atoms with Crippen LogP contribution >= 0.6 is 11.6 Å². The van der Waals surface area contributed by atoms with E-state index in [9.17, 15) is 9.18 Å². The fourth-order valence-corrected chi connectivity index (χ4v) is 3.41. The molecule has 7 nitrogen and oxygen atoms in total. The largest absolute Gasteiger partial charge is 0.493 e. The average Bonchev–Trinajstić information content (AvgIpc) is 2.88. The molecule has 0 aliphatic heterocycles. The smallest absolute Gasteiger partial charge is 0.271 e. The Bertz CT molecular complexity index is 1250. The molecule has 9 heteroatoms. The number of hydrogen-bond acceptors (Lipinski definition) is 6. The zero-order chi connectivity index (χ0) is 25.9. The lowest BCUT2D eigenvalue weighted by atomic mass is 10.2. The van der Waals surface area contributed by atoms with E-state index in [1.807, 2.05) is 6.92 Å². The van der Waals surface area contributed by atoms with Gasteiger partial charge in [-0.3, -0.25) is 4.79 Å². The molecule has 0 radical (unpaired) electrons. The van der Waals surface area contributed by atoms with Gasteiger partial charge in [-0.2, -0.15) is 5.10 Å². The van der Waals surface area contributed by atoms with Gasteiger partial charge in [-0.05, 0) is 48.9 Å². The summed E-state index contributed by atoms with van der Waals surface area (Å²) in [6.45, 7) is 6.07. The molecular formula is C27H26ClFN2O5. The number of carbonyl (C=O) groups excluding carboxylic acids is 1. The molecule has 3 aromatic carbocycles. The van der Waals surface area contributed by atoms with E-state index in [1.54, 1.807) is 54.6 Å². The second-order valence-electron chi connectivity index (χ2n) is 7.31. The van der Waals surface area contributed by atoms with Gasteiger partial charge in [-0.25, -0.2) is 9.82 Å². The maximum Gasteiger partial charge on any atom is 0.271 e. The number of rotatable bonds is 12. The number of nitrogens with zero attached hydrogens (tertiary/aromatic N) is 1. The van der Waals surface area contributed by atoms with E-state index in [0.29, 0.717) is 47.2 Å². The third kappa shape index (κ3) is 6.99. The molecule has 0 aliphatic rings. The molecule has 0 atom stereocenters. The van der Waals surface area contributed by atoms with E-state index in [1.165, 1.54) is 19.4 Å². The number of ether oxygens (including phenoxy) is 4. The second-order valence-corrected chi connectivity index (χ2v) is 7.71. The Kier molecular flexibility index (Phi) is 9.71. The molecule has 1 amide bonds. The van der Waals surface area contributed by atoms with Crippen LogP contribution in [0.3, 0.4) is 0 Å². The van der Waals surface area contributed by atoms with E-state index >= 15 is 0 Å². The van der Waals surface area contributed by atoms with Crippen molar-refractivity contribution in [3.63, 3.8) is 0 Å². The predicted octanol–water partition coefficient (Wildman–Crippen LogP) is 5.79. The molecule has 0 unspecified atom stereocenters. The van der Waals surface area contributed by atoms with Crippen molar-refractivity contribution in [1.29, 1.82) is 0 Å². The fourth-order valence-electron chi connectivity index (χ4n) is 3.14. The van der Waals surface area contributed by atoms with Crippen molar-refractivity contribution in [1.82, 2.24) is 5.43 Å². The van der Waals surface area contributed by atoms with Gasteiger partial charge in [0, 0.05) is 11.1 Å². The highest BCUT2D eigenvalue weighted by Gasteiger charge is 2.14. The monoisotopic (exact) mass is 512 g/mol. The molecule has 3 aromatic rings. The molecule has 36 heavy (non-hydrogen) atoms. The first kappa shape index (κ1) is 26.6. The lowest BCUT2D eigenvalue weighted by molar-refractivity contribution is 0.0954. The van der Waals surface area contributed by atoms with Gasteiger partial charge in [0.25, 0.3) is 5.91 Å². The number of hydrazone groups is 1. The summed E-state index contributed by atoms with van der Waals surface area (Å²) in [6, 6.07) is 14.4. The lowest BCUT2D eigenvalue weighted by Gasteiger charge is -2.14. The quantitative estimate of drug-likeness (QED) is 0.189. The Hall–Kier alpha value is -4.04.